The Morgan fingerprint density at radius 1 is 0.795 bits per heavy atom. The summed E-state index contributed by atoms with van der Waals surface area (Å²) in [7, 11) is -5.13. The van der Waals surface area contributed by atoms with Crippen molar-refractivity contribution in [3.8, 4) is 17.0 Å². The van der Waals surface area contributed by atoms with E-state index in [1.165, 1.54) is 35.9 Å². The summed E-state index contributed by atoms with van der Waals surface area (Å²) in [6.07, 6.45) is -3.44. The van der Waals surface area contributed by atoms with Crippen molar-refractivity contribution in [1.29, 1.82) is 0 Å². The van der Waals surface area contributed by atoms with Crippen molar-refractivity contribution in [2.75, 3.05) is 23.4 Å². The highest BCUT2D eigenvalue weighted by molar-refractivity contribution is 7.80. The minimum absolute atomic E-state index is 0.0537. The second kappa shape index (κ2) is 24.3. The summed E-state index contributed by atoms with van der Waals surface area (Å²) >= 11 is 0.854. The average Bonchev–Trinajstić information content (AvgIpc) is 3.88. The number of imide groups is 1. The molecule has 1 aliphatic heterocycles. The van der Waals surface area contributed by atoms with Crippen molar-refractivity contribution in [2.24, 2.45) is 5.16 Å². The molecule has 3 aromatic rings. The summed E-state index contributed by atoms with van der Waals surface area (Å²) in [4.78, 5) is 109. The van der Waals surface area contributed by atoms with Gasteiger partial charge in [-0.3, -0.25) is 19.5 Å². The number of hydroxylamine groups is 2. The Labute approximate surface area is 456 Å². The first kappa shape index (κ1) is 63.4. The number of hydrogen-bond acceptors (Lipinski definition) is 21. The van der Waals surface area contributed by atoms with Crippen LogP contribution in [0.25, 0.3) is 11.3 Å². The maximum absolute atomic E-state index is 14.0. The number of carbonyl (C=O) groups is 7. The first-order valence-electron chi connectivity index (χ1n) is 24.3. The molecule has 1 aliphatic rings. The molecule has 3 heterocycles. The van der Waals surface area contributed by atoms with Crippen LogP contribution in [-0.2, 0) is 64.1 Å². The molecule has 0 aliphatic carbocycles. The smallest absolute Gasteiger partial charge is 0.427 e. The van der Waals surface area contributed by atoms with Crippen LogP contribution in [0.3, 0.4) is 0 Å². The van der Waals surface area contributed by atoms with E-state index in [0.717, 1.165) is 11.3 Å². The summed E-state index contributed by atoms with van der Waals surface area (Å²) in [6, 6.07) is 4.79. The molecule has 1 fully saturated rings. The Balaban J connectivity index is 1.69. The predicted molar refractivity (Wildman–Crippen MR) is 282 cm³/mol. The molecule has 2 atom stereocenters. The lowest BCUT2D eigenvalue weighted by Gasteiger charge is -2.50. The van der Waals surface area contributed by atoms with E-state index in [1.54, 1.807) is 122 Å². The molecule has 27 nitrogen and oxygen atoms in total. The first-order chi connectivity index (χ1) is 35.5. The maximum Gasteiger partial charge on any atom is 0.427 e. The standard InChI is InChI=1S/C49H71N9O18S2/c1-44(2,3)70-37(61)32(75-55-33(31-27-77-38(51-31)54-41(63)72-46(7,8)9)35(59)53-34-36(60)58(49(34,16)17)76-78(66,67)68)26-69-29-21-19-28(20-22-29)30-25-56(24-18-23-50-40(62)71-45(4,5)6)39(52-30)57(42(64)73-47(10,11)12)43(65)74-48(13,14)15/h19-22,25,27,32,34H,18,23-24,26H2,1-17H3,(H,50,62)(H,53,59)(H,51,54,63)(H,66,67,68)/b55-33-/t32-,34+/m0/s1. The van der Waals surface area contributed by atoms with E-state index in [2.05, 4.69) is 35.4 Å². The summed E-state index contributed by atoms with van der Waals surface area (Å²) in [6.45, 7) is 27.1. The molecule has 1 saturated heterocycles. The number of rotatable bonds is 18. The summed E-state index contributed by atoms with van der Waals surface area (Å²) in [5.41, 5.74) is -6.38. The first-order valence-corrected chi connectivity index (χ1v) is 26.5. The van der Waals surface area contributed by atoms with Crippen molar-refractivity contribution in [1.82, 2.24) is 30.2 Å². The summed E-state index contributed by atoms with van der Waals surface area (Å²) < 4.78 is 71.5. The van der Waals surface area contributed by atoms with Crippen LogP contribution in [0.4, 0.5) is 30.3 Å². The number of benzene rings is 1. The molecule has 78 heavy (non-hydrogen) atoms. The number of hydrogen-bond donors (Lipinski definition) is 4. The highest BCUT2D eigenvalue weighted by Gasteiger charge is 2.58. The third-order valence-electron chi connectivity index (χ3n) is 9.53. The second-order valence-electron chi connectivity index (χ2n) is 23.0. The number of nitrogens with one attached hydrogen (secondary N) is 3. The van der Waals surface area contributed by atoms with Crippen LogP contribution < -0.4 is 25.6 Å². The van der Waals surface area contributed by atoms with Crippen molar-refractivity contribution in [3.05, 3.63) is 41.5 Å². The van der Waals surface area contributed by atoms with Crippen LogP contribution in [0.15, 0.2) is 41.0 Å². The largest absolute Gasteiger partial charge is 0.489 e. The van der Waals surface area contributed by atoms with Gasteiger partial charge in [0.05, 0.1) is 11.2 Å². The molecular formula is C49H71N9O18S2. The number of ether oxygens (including phenoxy) is 6. The Morgan fingerprint density at radius 3 is 1.85 bits per heavy atom. The molecule has 4 N–H and O–H groups in total. The zero-order valence-electron chi connectivity index (χ0n) is 46.8. The fourth-order valence-electron chi connectivity index (χ4n) is 6.47. The van der Waals surface area contributed by atoms with E-state index in [0.29, 0.717) is 21.9 Å². The Hall–Kier alpha value is -7.11. The Morgan fingerprint density at radius 2 is 1.33 bits per heavy atom. The number of thiazole rings is 1. The van der Waals surface area contributed by atoms with E-state index in [4.69, 9.17) is 33.3 Å². The van der Waals surface area contributed by atoms with Crippen LogP contribution >= 0.6 is 11.3 Å². The zero-order chi connectivity index (χ0) is 59.1. The number of anilines is 2. The third kappa shape index (κ3) is 19.7. The Kier molecular flexibility index (Phi) is 19.7. The summed E-state index contributed by atoms with van der Waals surface area (Å²) in [5, 5.41) is 13.1. The number of oxime groups is 1. The van der Waals surface area contributed by atoms with Crippen LogP contribution in [0.5, 0.6) is 5.75 Å². The lowest BCUT2D eigenvalue weighted by atomic mass is 9.84. The lowest BCUT2D eigenvalue weighted by Crippen LogP contribution is -2.76. The zero-order valence-corrected chi connectivity index (χ0v) is 48.5. The van der Waals surface area contributed by atoms with Gasteiger partial charge < -0.3 is 48.5 Å². The Bertz CT molecular complexity index is 2800. The molecule has 1 aromatic carbocycles. The molecule has 0 bridgehead atoms. The quantitative estimate of drug-likeness (QED) is 0.0185. The molecule has 2 aromatic heterocycles. The van der Waals surface area contributed by atoms with E-state index in [-0.39, 0.29) is 41.3 Å². The molecule has 0 unspecified atom stereocenters. The number of β-lactam (4-membered cyclic amide) rings is 1. The molecule has 0 radical (unpaired) electrons. The number of aromatic nitrogens is 3. The summed E-state index contributed by atoms with van der Waals surface area (Å²) in [5.74, 6) is -3.15. The van der Waals surface area contributed by atoms with Gasteiger partial charge in [-0.25, -0.2) is 33.9 Å². The minimum atomic E-state index is -5.13. The van der Waals surface area contributed by atoms with Crippen molar-refractivity contribution in [2.45, 2.75) is 176 Å². The maximum atomic E-state index is 14.0. The fourth-order valence-corrected chi connectivity index (χ4v) is 7.60. The van der Waals surface area contributed by atoms with Gasteiger partial charge in [-0.15, -0.1) is 20.5 Å². The van der Waals surface area contributed by atoms with Gasteiger partial charge in [0.2, 0.25) is 5.95 Å². The predicted octanol–water partition coefficient (Wildman–Crippen LogP) is 7.30. The molecule has 0 saturated carbocycles. The van der Waals surface area contributed by atoms with Gasteiger partial charge in [0, 0.05) is 30.2 Å². The highest BCUT2D eigenvalue weighted by Crippen LogP contribution is 2.34. The normalized spacial score (nSPS) is 15.5. The van der Waals surface area contributed by atoms with Crippen LogP contribution in [-0.4, -0.2) is 139 Å². The molecule has 4 rings (SSSR count). The monoisotopic (exact) mass is 1140 g/mol. The molecular weight excluding hydrogens is 1070 g/mol. The van der Waals surface area contributed by atoms with Crippen molar-refractivity contribution >= 4 is 80.7 Å². The van der Waals surface area contributed by atoms with Crippen LogP contribution in [0, 0.1) is 0 Å². The van der Waals surface area contributed by atoms with Crippen molar-refractivity contribution in [3.63, 3.8) is 0 Å². The lowest BCUT2D eigenvalue weighted by molar-refractivity contribution is -0.218. The van der Waals surface area contributed by atoms with Gasteiger partial charge in [0.15, 0.2) is 10.8 Å². The second-order valence-corrected chi connectivity index (χ2v) is 24.8. The van der Waals surface area contributed by atoms with Crippen LogP contribution in [0.2, 0.25) is 0 Å². The van der Waals surface area contributed by atoms with Gasteiger partial charge >= 0.3 is 40.7 Å². The SMILES string of the molecule is CC(C)(C)OC(=O)NCCCn1cc(-c2ccc(OC[C@H](O/N=C(\C(=O)N[C@@H]3C(=O)N(OS(=O)(=O)O)C3(C)C)c3csc(NC(=O)OC(C)(C)C)n3)C(=O)OC(C)(C)C)cc2)nc1N(C(=O)OC(C)(C)C)C(=O)OC(C)(C)C. The number of imidazole rings is 1. The van der Waals surface area contributed by atoms with E-state index >= 15 is 0 Å². The fraction of sp³-hybridized carbons (Fsp3) is 0.592. The number of aryl methyl sites for hydroxylation is 1. The van der Waals surface area contributed by atoms with Crippen molar-refractivity contribution < 1.29 is 84.1 Å². The van der Waals surface area contributed by atoms with E-state index in [9.17, 15) is 46.5 Å². The minimum Gasteiger partial charge on any atom is -0.489 e. The van der Waals surface area contributed by atoms with Gasteiger partial charge in [-0.05, 0) is 148 Å². The highest BCUT2D eigenvalue weighted by atomic mass is 32.3. The number of alkyl carbamates (subject to hydrolysis) is 1. The molecule has 6 amide bonds. The van der Waals surface area contributed by atoms with Gasteiger partial charge in [0.25, 0.3) is 17.9 Å². The third-order valence-corrected chi connectivity index (χ3v) is 10.6. The van der Waals surface area contributed by atoms with Gasteiger partial charge in [-0.1, -0.05) is 5.16 Å². The number of amides is 6. The van der Waals surface area contributed by atoms with E-state index < -0.39 is 111 Å². The molecule has 29 heteroatoms. The average molecular weight is 1140 g/mol. The van der Waals surface area contributed by atoms with Gasteiger partial charge in [-0.2, -0.15) is 13.5 Å². The molecule has 0 spiro atoms. The van der Waals surface area contributed by atoms with E-state index in [1.807, 2.05) is 0 Å². The van der Waals surface area contributed by atoms with Crippen LogP contribution in [0.1, 0.15) is 130 Å². The number of esters is 1. The molecule has 432 valence electrons. The number of nitrogens with zero attached hydrogens (tertiary/aromatic N) is 6. The number of carbonyl (C=O) groups excluding carboxylic acids is 7. The van der Waals surface area contributed by atoms with Gasteiger partial charge in [0.1, 0.15) is 52.1 Å². The topological polar surface area (TPSA) is 333 Å².